The Morgan fingerprint density at radius 1 is 1.32 bits per heavy atom. The molecule has 1 fully saturated rings. The molecule has 2 aromatic rings. The lowest BCUT2D eigenvalue weighted by Gasteiger charge is -2.38. The lowest BCUT2D eigenvalue weighted by Crippen LogP contribution is -2.57. The van der Waals surface area contributed by atoms with Gasteiger partial charge in [0, 0.05) is 25.2 Å². The second-order valence-electron chi connectivity index (χ2n) is 5.77. The largest absolute Gasteiger partial charge is 0.332 e. The van der Waals surface area contributed by atoms with Gasteiger partial charge in [0.1, 0.15) is 0 Å². The minimum Gasteiger partial charge on any atom is -0.332 e. The highest BCUT2D eigenvalue weighted by molar-refractivity contribution is 5.92. The second-order valence-corrected chi connectivity index (χ2v) is 5.77. The number of piperazine rings is 1. The molecule has 116 valence electrons. The van der Waals surface area contributed by atoms with Crippen LogP contribution in [0.3, 0.4) is 0 Å². The van der Waals surface area contributed by atoms with Gasteiger partial charge in [0.25, 0.3) is 5.91 Å². The summed E-state index contributed by atoms with van der Waals surface area (Å²) >= 11 is 0. The lowest BCUT2D eigenvalue weighted by molar-refractivity contribution is 0.0597. The first-order valence-electron chi connectivity index (χ1n) is 7.63. The number of aromatic nitrogens is 3. The number of carbonyl (C=O) groups is 1. The van der Waals surface area contributed by atoms with E-state index < -0.39 is 0 Å². The molecule has 1 aliphatic heterocycles. The predicted octanol–water partition coefficient (Wildman–Crippen LogP) is 1.15. The standard InChI is InChI=1S/C16H21N5O/c1-12-13(2)21(9-8-17-12)16(22)15-11-20(19-18-15)10-14-6-4-3-5-7-14/h3-7,11-13,17H,8-10H2,1-2H3. The summed E-state index contributed by atoms with van der Waals surface area (Å²) in [6.07, 6.45) is 1.73. The van der Waals surface area contributed by atoms with E-state index in [4.69, 9.17) is 0 Å². The van der Waals surface area contributed by atoms with E-state index in [1.807, 2.05) is 35.2 Å². The maximum Gasteiger partial charge on any atom is 0.276 e. The minimum atomic E-state index is -0.0415. The summed E-state index contributed by atoms with van der Waals surface area (Å²) in [6, 6.07) is 10.5. The molecule has 0 spiro atoms. The number of carbonyl (C=O) groups excluding carboxylic acids is 1. The van der Waals surface area contributed by atoms with Gasteiger partial charge in [-0.15, -0.1) is 5.10 Å². The van der Waals surface area contributed by atoms with Crippen LogP contribution in [0.25, 0.3) is 0 Å². The molecule has 0 radical (unpaired) electrons. The van der Waals surface area contributed by atoms with Crippen molar-refractivity contribution in [2.24, 2.45) is 0 Å². The monoisotopic (exact) mass is 299 g/mol. The van der Waals surface area contributed by atoms with Gasteiger partial charge in [0.2, 0.25) is 0 Å². The highest BCUT2D eigenvalue weighted by Crippen LogP contribution is 2.12. The Morgan fingerprint density at radius 3 is 2.86 bits per heavy atom. The Hall–Kier alpha value is -2.21. The first-order chi connectivity index (χ1) is 10.6. The molecule has 0 aliphatic carbocycles. The number of amides is 1. The maximum atomic E-state index is 12.6. The zero-order chi connectivity index (χ0) is 15.5. The van der Waals surface area contributed by atoms with Crippen molar-refractivity contribution < 1.29 is 4.79 Å². The highest BCUT2D eigenvalue weighted by atomic mass is 16.2. The molecule has 2 heterocycles. The Kier molecular flexibility index (Phi) is 4.20. The first-order valence-corrected chi connectivity index (χ1v) is 7.63. The van der Waals surface area contributed by atoms with Gasteiger partial charge in [-0.05, 0) is 19.4 Å². The molecule has 6 heteroatoms. The summed E-state index contributed by atoms with van der Waals surface area (Å²) < 4.78 is 1.71. The third-order valence-corrected chi connectivity index (χ3v) is 4.24. The summed E-state index contributed by atoms with van der Waals surface area (Å²) in [4.78, 5) is 14.5. The van der Waals surface area contributed by atoms with Crippen molar-refractivity contribution >= 4 is 5.91 Å². The Labute approximate surface area is 130 Å². The van der Waals surface area contributed by atoms with Gasteiger partial charge in [-0.1, -0.05) is 35.5 Å². The topological polar surface area (TPSA) is 63.1 Å². The molecule has 0 saturated carbocycles. The molecule has 0 bridgehead atoms. The number of rotatable bonds is 3. The first kappa shape index (κ1) is 14.7. The molecule has 6 nitrogen and oxygen atoms in total. The van der Waals surface area contributed by atoms with Crippen molar-refractivity contribution in [2.45, 2.75) is 32.5 Å². The van der Waals surface area contributed by atoms with E-state index in [1.165, 1.54) is 0 Å². The van der Waals surface area contributed by atoms with Gasteiger partial charge in [-0.2, -0.15) is 0 Å². The average molecular weight is 299 g/mol. The highest BCUT2D eigenvalue weighted by Gasteiger charge is 2.30. The fraction of sp³-hybridized carbons (Fsp3) is 0.438. The molecule has 1 aromatic carbocycles. The van der Waals surface area contributed by atoms with Crippen LogP contribution in [-0.2, 0) is 6.54 Å². The second kappa shape index (κ2) is 6.27. The smallest absolute Gasteiger partial charge is 0.276 e. The van der Waals surface area contributed by atoms with E-state index in [2.05, 4.69) is 29.5 Å². The fourth-order valence-electron chi connectivity index (χ4n) is 2.73. The molecule has 1 aromatic heterocycles. The number of nitrogens with zero attached hydrogens (tertiary/aromatic N) is 4. The SMILES string of the molecule is CC1NCCN(C(=O)c2cn(Cc3ccccc3)nn2)C1C. The van der Waals surface area contributed by atoms with E-state index in [-0.39, 0.29) is 18.0 Å². The van der Waals surface area contributed by atoms with Crippen LogP contribution in [0.1, 0.15) is 29.9 Å². The van der Waals surface area contributed by atoms with Crippen LogP contribution in [-0.4, -0.2) is 51.0 Å². The molecule has 1 saturated heterocycles. The van der Waals surface area contributed by atoms with E-state index in [0.717, 1.165) is 12.1 Å². The molecule has 1 N–H and O–H groups in total. The minimum absolute atomic E-state index is 0.0415. The predicted molar refractivity (Wildman–Crippen MR) is 83.5 cm³/mol. The maximum absolute atomic E-state index is 12.6. The number of hydrogen-bond donors (Lipinski definition) is 1. The molecule has 1 amide bonds. The molecular formula is C16H21N5O. The molecule has 1 aliphatic rings. The Bertz CT molecular complexity index is 639. The summed E-state index contributed by atoms with van der Waals surface area (Å²) in [5.41, 5.74) is 1.55. The summed E-state index contributed by atoms with van der Waals surface area (Å²) in [5, 5.41) is 11.5. The average Bonchev–Trinajstić information content (AvgIpc) is 2.99. The lowest BCUT2D eigenvalue weighted by atomic mass is 10.1. The number of hydrogen-bond acceptors (Lipinski definition) is 4. The summed E-state index contributed by atoms with van der Waals surface area (Å²) in [7, 11) is 0. The number of benzene rings is 1. The van der Waals surface area contributed by atoms with Gasteiger partial charge in [0.05, 0.1) is 12.7 Å². The summed E-state index contributed by atoms with van der Waals surface area (Å²) in [5.74, 6) is -0.0415. The van der Waals surface area contributed by atoms with Crippen LogP contribution >= 0.6 is 0 Å². The third-order valence-electron chi connectivity index (χ3n) is 4.24. The van der Waals surface area contributed by atoms with Gasteiger partial charge >= 0.3 is 0 Å². The van der Waals surface area contributed by atoms with E-state index in [9.17, 15) is 4.79 Å². The van der Waals surface area contributed by atoms with E-state index in [1.54, 1.807) is 10.9 Å². The molecular weight excluding hydrogens is 278 g/mol. The Balaban J connectivity index is 1.71. The Morgan fingerprint density at radius 2 is 2.09 bits per heavy atom. The van der Waals surface area contributed by atoms with Gasteiger partial charge < -0.3 is 10.2 Å². The van der Waals surface area contributed by atoms with Crippen molar-refractivity contribution in [3.8, 4) is 0 Å². The van der Waals surface area contributed by atoms with Gasteiger partial charge in [-0.3, -0.25) is 4.79 Å². The van der Waals surface area contributed by atoms with E-state index >= 15 is 0 Å². The number of nitrogens with one attached hydrogen (secondary N) is 1. The molecule has 2 atom stereocenters. The van der Waals surface area contributed by atoms with Crippen molar-refractivity contribution in [1.29, 1.82) is 0 Å². The van der Waals surface area contributed by atoms with Crippen LogP contribution < -0.4 is 5.32 Å². The van der Waals surface area contributed by atoms with Crippen LogP contribution in [0.15, 0.2) is 36.5 Å². The van der Waals surface area contributed by atoms with Gasteiger partial charge in [-0.25, -0.2) is 4.68 Å². The molecule has 22 heavy (non-hydrogen) atoms. The quantitative estimate of drug-likeness (QED) is 0.923. The normalized spacial score (nSPS) is 21.8. The van der Waals surface area contributed by atoms with Crippen molar-refractivity contribution in [3.63, 3.8) is 0 Å². The van der Waals surface area contributed by atoms with Crippen LogP contribution in [0.2, 0.25) is 0 Å². The molecule has 3 rings (SSSR count). The summed E-state index contributed by atoms with van der Waals surface area (Å²) in [6.45, 7) is 6.29. The zero-order valence-corrected chi connectivity index (χ0v) is 12.9. The van der Waals surface area contributed by atoms with Crippen LogP contribution in [0.5, 0.6) is 0 Å². The zero-order valence-electron chi connectivity index (χ0n) is 12.9. The van der Waals surface area contributed by atoms with Crippen molar-refractivity contribution in [2.75, 3.05) is 13.1 Å². The molecule has 2 unspecified atom stereocenters. The van der Waals surface area contributed by atoms with E-state index in [0.29, 0.717) is 18.8 Å². The van der Waals surface area contributed by atoms with Gasteiger partial charge in [0.15, 0.2) is 5.69 Å². The third kappa shape index (κ3) is 3.01. The fourth-order valence-corrected chi connectivity index (χ4v) is 2.73. The van der Waals surface area contributed by atoms with Crippen molar-refractivity contribution in [1.82, 2.24) is 25.2 Å². The van der Waals surface area contributed by atoms with Crippen molar-refractivity contribution in [3.05, 3.63) is 47.8 Å². The van der Waals surface area contributed by atoms with Crippen LogP contribution in [0.4, 0.5) is 0 Å². The van der Waals surface area contributed by atoms with Crippen LogP contribution in [0, 0.1) is 0 Å².